The van der Waals surface area contributed by atoms with E-state index in [2.05, 4.69) is 17.9 Å². The lowest BCUT2D eigenvalue weighted by Gasteiger charge is -2.20. The Labute approximate surface area is 110 Å². The molecule has 1 rings (SSSR count). The standard InChI is InChI=1S/C12H13NO4S/c1-12(18,11(17)13-7-9(14)15)10(16)8-5-3-2-4-6-8/h2-6,18H,7H2,1H3,(H,13,17)(H,14,15). The molecule has 0 radical (unpaired) electrons. The third kappa shape index (κ3) is 3.33. The summed E-state index contributed by atoms with van der Waals surface area (Å²) in [4.78, 5) is 34.1. The van der Waals surface area contributed by atoms with E-state index in [-0.39, 0.29) is 0 Å². The summed E-state index contributed by atoms with van der Waals surface area (Å²) < 4.78 is -1.60. The number of aliphatic carboxylic acids is 1. The number of hydrogen-bond acceptors (Lipinski definition) is 4. The normalized spacial score (nSPS) is 13.4. The highest BCUT2D eigenvalue weighted by Crippen LogP contribution is 2.20. The molecule has 0 aliphatic carbocycles. The quantitative estimate of drug-likeness (QED) is 0.418. The second kappa shape index (κ2) is 5.68. The van der Waals surface area contributed by atoms with E-state index < -0.39 is 29.0 Å². The van der Waals surface area contributed by atoms with Crippen LogP contribution in [-0.2, 0) is 9.59 Å². The summed E-state index contributed by atoms with van der Waals surface area (Å²) in [5, 5.41) is 10.6. The van der Waals surface area contributed by atoms with Crippen LogP contribution in [0.1, 0.15) is 17.3 Å². The van der Waals surface area contributed by atoms with Gasteiger partial charge in [0.1, 0.15) is 6.54 Å². The van der Waals surface area contributed by atoms with Gasteiger partial charge in [-0.2, -0.15) is 12.6 Å². The molecular weight excluding hydrogens is 254 g/mol. The fourth-order valence-electron chi connectivity index (χ4n) is 1.30. The number of carboxylic acid groups (broad SMARTS) is 1. The van der Waals surface area contributed by atoms with Crippen LogP contribution in [0.25, 0.3) is 0 Å². The Morgan fingerprint density at radius 2 is 1.83 bits per heavy atom. The lowest BCUT2D eigenvalue weighted by atomic mass is 9.97. The van der Waals surface area contributed by atoms with Gasteiger partial charge in [0.25, 0.3) is 0 Å². The molecule has 0 saturated heterocycles. The van der Waals surface area contributed by atoms with Crippen molar-refractivity contribution in [1.29, 1.82) is 0 Å². The molecule has 1 aromatic rings. The highest BCUT2D eigenvalue weighted by Gasteiger charge is 2.37. The SMILES string of the molecule is CC(S)(C(=O)NCC(=O)O)C(=O)c1ccccc1. The number of Topliss-reactive ketones (excluding diaryl/α,β-unsaturated/α-hetero) is 1. The summed E-state index contributed by atoms with van der Waals surface area (Å²) in [6.07, 6.45) is 0. The van der Waals surface area contributed by atoms with Crippen molar-refractivity contribution in [2.75, 3.05) is 6.54 Å². The fourth-order valence-corrected chi connectivity index (χ4v) is 1.51. The minimum absolute atomic E-state index is 0.348. The molecule has 0 saturated carbocycles. The predicted octanol–water partition coefficient (Wildman–Crippen LogP) is 0.759. The van der Waals surface area contributed by atoms with Crippen molar-refractivity contribution >= 4 is 30.3 Å². The number of carboxylic acids is 1. The lowest BCUT2D eigenvalue weighted by molar-refractivity contribution is -0.138. The molecule has 96 valence electrons. The molecule has 0 bridgehead atoms. The maximum atomic E-state index is 12.1. The molecule has 18 heavy (non-hydrogen) atoms. The summed E-state index contributed by atoms with van der Waals surface area (Å²) in [6.45, 7) is 0.791. The van der Waals surface area contributed by atoms with Crippen LogP contribution in [0.4, 0.5) is 0 Å². The number of thiol groups is 1. The van der Waals surface area contributed by atoms with Crippen LogP contribution in [-0.4, -0.2) is 34.1 Å². The van der Waals surface area contributed by atoms with Crippen molar-refractivity contribution in [1.82, 2.24) is 5.32 Å². The van der Waals surface area contributed by atoms with Crippen LogP contribution >= 0.6 is 12.6 Å². The van der Waals surface area contributed by atoms with Crippen molar-refractivity contribution in [3.05, 3.63) is 35.9 Å². The lowest BCUT2D eigenvalue weighted by Crippen LogP contribution is -2.47. The topological polar surface area (TPSA) is 83.5 Å². The first kappa shape index (κ1) is 14.2. The fraction of sp³-hybridized carbons (Fsp3) is 0.250. The Morgan fingerprint density at radius 3 is 2.33 bits per heavy atom. The molecule has 0 aromatic heterocycles. The van der Waals surface area contributed by atoms with Gasteiger partial charge in [0.15, 0.2) is 10.5 Å². The molecule has 2 N–H and O–H groups in total. The zero-order valence-electron chi connectivity index (χ0n) is 9.71. The Hall–Kier alpha value is -1.82. The number of benzene rings is 1. The van der Waals surface area contributed by atoms with E-state index in [0.29, 0.717) is 5.56 Å². The highest BCUT2D eigenvalue weighted by molar-refractivity contribution is 7.83. The van der Waals surface area contributed by atoms with E-state index in [0.717, 1.165) is 0 Å². The van der Waals surface area contributed by atoms with Crippen molar-refractivity contribution in [2.45, 2.75) is 11.7 Å². The van der Waals surface area contributed by atoms with Gasteiger partial charge in [-0.05, 0) is 6.92 Å². The summed E-state index contributed by atoms with van der Waals surface area (Å²) in [5.74, 6) is -2.39. The number of hydrogen-bond donors (Lipinski definition) is 3. The summed E-state index contributed by atoms with van der Waals surface area (Å²) in [7, 11) is 0. The highest BCUT2D eigenvalue weighted by atomic mass is 32.1. The van der Waals surface area contributed by atoms with Crippen LogP contribution in [0.15, 0.2) is 30.3 Å². The minimum atomic E-state index is -1.60. The van der Waals surface area contributed by atoms with Crippen LogP contribution in [0.2, 0.25) is 0 Å². The molecule has 0 aliphatic heterocycles. The number of carbonyl (C=O) groups excluding carboxylic acids is 2. The predicted molar refractivity (Wildman–Crippen MR) is 68.8 cm³/mol. The molecule has 1 unspecified atom stereocenters. The monoisotopic (exact) mass is 267 g/mol. The molecular formula is C12H13NO4S. The molecule has 0 aliphatic rings. The summed E-state index contributed by atoms with van der Waals surface area (Å²) >= 11 is 4.04. The Kier molecular flexibility index (Phi) is 4.49. The summed E-state index contributed by atoms with van der Waals surface area (Å²) in [5.41, 5.74) is 0.348. The number of carbonyl (C=O) groups is 3. The Balaban J connectivity index is 2.83. The van der Waals surface area contributed by atoms with E-state index in [9.17, 15) is 14.4 Å². The Bertz CT molecular complexity index is 470. The van der Waals surface area contributed by atoms with Crippen LogP contribution in [0.5, 0.6) is 0 Å². The van der Waals surface area contributed by atoms with Gasteiger partial charge in [0, 0.05) is 5.56 Å². The molecule has 0 fully saturated rings. The molecule has 1 atom stereocenters. The zero-order valence-corrected chi connectivity index (χ0v) is 10.6. The maximum Gasteiger partial charge on any atom is 0.322 e. The average Bonchev–Trinajstić information content (AvgIpc) is 2.35. The van der Waals surface area contributed by atoms with Crippen molar-refractivity contribution in [3.8, 4) is 0 Å². The van der Waals surface area contributed by atoms with Crippen LogP contribution < -0.4 is 5.32 Å². The average molecular weight is 267 g/mol. The second-order valence-corrected chi connectivity index (χ2v) is 4.74. The number of nitrogens with one attached hydrogen (secondary N) is 1. The van der Waals surface area contributed by atoms with Crippen molar-refractivity contribution in [2.24, 2.45) is 0 Å². The second-order valence-electron chi connectivity index (χ2n) is 3.84. The van der Waals surface area contributed by atoms with Gasteiger partial charge in [-0.1, -0.05) is 30.3 Å². The third-order valence-corrected chi connectivity index (χ3v) is 2.73. The Morgan fingerprint density at radius 1 is 1.28 bits per heavy atom. The van der Waals surface area contributed by atoms with Gasteiger partial charge < -0.3 is 10.4 Å². The molecule has 5 nitrogen and oxygen atoms in total. The minimum Gasteiger partial charge on any atom is -0.480 e. The number of ketones is 1. The van der Waals surface area contributed by atoms with Crippen molar-refractivity contribution in [3.63, 3.8) is 0 Å². The van der Waals surface area contributed by atoms with Gasteiger partial charge in [-0.25, -0.2) is 0 Å². The van der Waals surface area contributed by atoms with E-state index in [1.807, 2.05) is 0 Å². The van der Waals surface area contributed by atoms with E-state index >= 15 is 0 Å². The zero-order chi connectivity index (χ0) is 13.8. The largest absolute Gasteiger partial charge is 0.480 e. The van der Waals surface area contributed by atoms with Crippen LogP contribution in [0.3, 0.4) is 0 Å². The van der Waals surface area contributed by atoms with Crippen molar-refractivity contribution < 1.29 is 19.5 Å². The first-order valence-corrected chi connectivity index (χ1v) is 5.62. The molecule has 1 aromatic carbocycles. The third-order valence-electron chi connectivity index (χ3n) is 2.32. The molecule has 1 amide bonds. The molecule has 6 heteroatoms. The number of amides is 1. The van der Waals surface area contributed by atoms with Gasteiger partial charge in [0.05, 0.1) is 0 Å². The first-order chi connectivity index (χ1) is 8.35. The smallest absolute Gasteiger partial charge is 0.322 e. The summed E-state index contributed by atoms with van der Waals surface area (Å²) in [6, 6.07) is 8.23. The van der Waals surface area contributed by atoms with Gasteiger partial charge >= 0.3 is 5.97 Å². The van der Waals surface area contributed by atoms with E-state index in [4.69, 9.17) is 5.11 Å². The van der Waals surface area contributed by atoms with E-state index in [1.165, 1.54) is 6.92 Å². The molecule has 0 spiro atoms. The maximum absolute atomic E-state index is 12.1. The van der Waals surface area contributed by atoms with Gasteiger partial charge in [0.2, 0.25) is 5.91 Å². The van der Waals surface area contributed by atoms with Crippen LogP contribution in [0, 0.1) is 0 Å². The molecule has 0 heterocycles. The number of rotatable bonds is 5. The first-order valence-electron chi connectivity index (χ1n) is 5.18. The van der Waals surface area contributed by atoms with Gasteiger partial charge in [-0.3, -0.25) is 14.4 Å². The van der Waals surface area contributed by atoms with E-state index in [1.54, 1.807) is 30.3 Å². The van der Waals surface area contributed by atoms with Gasteiger partial charge in [-0.15, -0.1) is 0 Å².